The molecule has 0 radical (unpaired) electrons. The molecule has 0 spiro atoms. The van der Waals surface area contributed by atoms with Crippen molar-refractivity contribution in [1.29, 1.82) is 0 Å². The van der Waals surface area contributed by atoms with E-state index in [1.807, 2.05) is 0 Å². The van der Waals surface area contributed by atoms with Crippen LogP contribution in [0.3, 0.4) is 0 Å². The number of nitrogens with zero attached hydrogens (tertiary/aromatic N) is 6. The van der Waals surface area contributed by atoms with Crippen LogP contribution in [0.1, 0.15) is 5.69 Å². The number of hydrogen-bond donors (Lipinski definition) is 2. The van der Waals surface area contributed by atoms with Crippen LogP contribution in [-0.4, -0.2) is 34.5 Å². The molecule has 9 nitrogen and oxygen atoms in total. The van der Waals surface area contributed by atoms with E-state index in [-0.39, 0.29) is 23.4 Å². The van der Waals surface area contributed by atoms with Gasteiger partial charge in [-0.2, -0.15) is 10.2 Å². The Balaban J connectivity index is 1.64. The Bertz CT molecular complexity index is 1790. The van der Waals surface area contributed by atoms with Gasteiger partial charge in [-0.15, -0.1) is 0 Å². The second kappa shape index (κ2) is 7.83. The summed E-state index contributed by atoms with van der Waals surface area (Å²) in [5.74, 6) is -1.08. The summed E-state index contributed by atoms with van der Waals surface area (Å²) in [5.41, 5.74) is 7.42. The second-order valence-corrected chi connectivity index (χ2v) is 7.88. The second-order valence-electron chi connectivity index (χ2n) is 7.88. The molecule has 0 saturated heterocycles. The molecule has 0 aliphatic carbocycles. The maximum atomic E-state index is 14.8. The molecule has 0 unspecified atom stereocenters. The van der Waals surface area contributed by atoms with Gasteiger partial charge in [-0.05, 0) is 29.7 Å². The van der Waals surface area contributed by atoms with Gasteiger partial charge in [-0.3, -0.25) is 14.5 Å². The lowest BCUT2D eigenvalue weighted by atomic mass is 10.1. The van der Waals surface area contributed by atoms with Crippen LogP contribution >= 0.6 is 0 Å². The molecule has 4 aromatic heterocycles. The fourth-order valence-electron chi connectivity index (χ4n) is 4.26. The summed E-state index contributed by atoms with van der Waals surface area (Å²) in [5, 5.41) is 12.1. The molecular weight excluding hydrogens is 454 g/mol. The van der Waals surface area contributed by atoms with Gasteiger partial charge in [-0.1, -0.05) is 24.3 Å². The topological polar surface area (TPSA) is 120 Å². The number of nitrogens with two attached hydrogens (primary N) is 1. The highest BCUT2D eigenvalue weighted by molar-refractivity contribution is 5.98. The number of para-hydroxylation sites is 1. The summed E-state index contributed by atoms with van der Waals surface area (Å²) in [6.45, 7) is 0.0147. The number of pyridine rings is 1. The number of aromatic nitrogens is 7. The number of anilines is 1. The molecular formula is C24H16F2N8O. The molecule has 0 atom stereocenters. The quantitative estimate of drug-likeness (QED) is 0.407. The SMILES string of the molecule is Nc1ncnc2c1c(-c1cn[nH]c1)nn2Cc1cc2cccc(F)c2c(=O)n1-c1ccccc1F. The van der Waals surface area contributed by atoms with Gasteiger partial charge < -0.3 is 5.73 Å². The first-order valence-corrected chi connectivity index (χ1v) is 10.6. The fourth-order valence-corrected chi connectivity index (χ4v) is 4.26. The zero-order valence-corrected chi connectivity index (χ0v) is 18.0. The molecule has 0 aliphatic heterocycles. The molecule has 0 bridgehead atoms. The molecule has 4 heterocycles. The van der Waals surface area contributed by atoms with Crippen molar-refractivity contribution in [2.24, 2.45) is 0 Å². The largest absolute Gasteiger partial charge is 0.383 e. The zero-order valence-electron chi connectivity index (χ0n) is 18.0. The Morgan fingerprint density at radius 1 is 1.00 bits per heavy atom. The lowest BCUT2D eigenvalue weighted by Gasteiger charge is -2.16. The van der Waals surface area contributed by atoms with Crippen molar-refractivity contribution < 1.29 is 8.78 Å². The van der Waals surface area contributed by atoms with E-state index in [1.54, 1.807) is 35.3 Å². The third-order valence-corrected chi connectivity index (χ3v) is 5.81. The number of nitrogens with one attached hydrogen (secondary N) is 1. The van der Waals surface area contributed by atoms with E-state index in [9.17, 15) is 13.6 Å². The summed E-state index contributed by atoms with van der Waals surface area (Å²) in [4.78, 5) is 21.9. The standard InChI is InChI=1S/C24H16F2N8O/c25-16-5-1-2-7-18(16)34-15(8-13-4-3-6-17(26)19(13)24(34)35)11-33-23-20(22(27)28-12-29-23)21(32-33)14-9-30-31-10-14/h1-10,12H,11H2,(H,30,31)(H2,27,28,29). The molecule has 0 amide bonds. The highest BCUT2D eigenvalue weighted by Gasteiger charge is 2.21. The normalized spacial score (nSPS) is 11.5. The van der Waals surface area contributed by atoms with Gasteiger partial charge in [0.25, 0.3) is 5.56 Å². The van der Waals surface area contributed by atoms with E-state index in [0.29, 0.717) is 33.4 Å². The Morgan fingerprint density at radius 3 is 2.63 bits per heavy atom. The van der Waals surface area contributed by atoms with E-state index in [0.717, 1.165) is 4.57 Å². The van der Waals surface area contributed by atoms with Crippen LogP contribution in [0.5, 0.6) is 0 Å². The van der Waals surface area contributed by atoms with Crippen molar-refractivity contribution in [3.63, 3.8) is 0 Å². The Hall–Kier alpha value is -4.93. The van der Waals surface area contributed by atoms with Gasteiger partial charge >= 0.3 is 0 Å². The minimum Gasteiger partial charge on any atom is -0.383 e. The number of rotatable bonds is 4. The van der Waals surface area contributed by atoms with Gasteiger partial charge in [0.2, 0.25) is 0 Å². The number of H-pyrrole nitrogens is 1. The predicted molar refractivity (Wildman–Crippen MR) is 126 cm³/mol. The van der Waals surface area contributed by atoms with Gasteiger partial charge in [-0.25, -0.2) is 23.4 Å². The maximum Gasteiger partial charge on any atom is 0.266 e. The molecule has 172 valence electrons. The number of benzene rings is 2. The van der Waals surface area contributed by atoms with Crippen molar-refractivity contribution >= 4 is 27.6 Å². The van der Waals surface area contributed by atoms with Crippen molar-refractivity contribution in [2.45, 2.75) is 6.54 Å². The third-order valence-electron chi connectivity index (χ3n) is 5.81. The Kier molecular flexibility index (Phi) is 4.62. The van der Waals surface area contributed by atoms with Crippen molar-refractivity contribution in [3.8, 4) is 16.9 Å². The summed E-state index contributed by atoms with van der Waals surface area (Å²) in [6, 6.07) is 11.8. The molecule has 2 aromatic carbocycles. The summed E-state index contributed by atoms with van der Waals surface area (Å²) < 4.78 is 32.2. The number of nitrogen functional groups attached to an aromatic ring is 1. The van der Waals surface area contributed by atoms with Crippen LogP contribution in [0.25, 0.3) is 38.8 Å². The van der Waals surface area contributed by atoms with Crippen molar-refractivity contribution in [2.75, 3.05) is 5.73 Å². The van der Waals surface area contributed by atoms with Crippen LogP contribution in [0.4, 0.5) is 14.6 Å². The third kappa shape index (κ3) is 3.24. The average Bonchev–Trinajstić information content (AvgIpc) is 3.49. The van der Waals surface area contributed by atoms with Crippen LogP contribution in [-0.2, 0) is 6.54 Å². The lowest BCUT2D eigenvalue weighted by molar-refractivity contribution is 0.604. The monoisotopic (exact) mass is 470 g/mol. The van der Waals surface area contributed by atoms with Gasteiger partial charge in [0, 0.05) is 17.5 Å². The van der Waals surface area contributed by atoms with E-state index >= 15 is 0 Å². The highest BCUT2D eigenvalue weighted by Crippen LogP contribution is 2.30. The number of aromatic amines is 1. The van der Waals surface area contributed by atoms with E-state index in [2.05, 4.69) is 25.3 Å². The molecule has 0 saturated carbocycles. The lowest BCUT2D eigenvalue weighted by Crippen LogP contribution is -2.25. The molecule has 0 fully saturated rings. The molecule has 0 aliphatic rings. The molecule has 6 aromatic rings. The molecule has 3 N–H and O–H groups in total. The average molecular weight is 470 g/mol. The number of hydrogen-bond acceptors (Lipinski definition) is 6. The van der Waals surface area contributed by atoms with Crippen molar-refractivity contribution in [3.05, 3.63) is 94.9 Å². The van der Waals surface area contributed by atoms with Crippen LogP contribution in [0.2, 0.25) is 0 Å². The predicted octanol–water partition coefficient (Wildman–Crippen LogP) is 3.43. The van der Waals surface area contributed by atoms with E-state index in [1.165, 1.54) is 36.7 Å². The number of halogens is 2. The first-order chi connectivity index (χ1) is 17.0. The maximum absolute atomic E-state index is 14.8. The minimum atomic E-state index is -0.684. The Morgan fingerprint density at radius 2 is 1.83 bits per heavy atom. The van der Waals surface area contributed by atoms with Gasteiger partial charge in [0.1, 0.15) is 29.5 Å². The first kappa shape index (κ1) is 20.7. The van der Waals surface area contributed by atoms with Crippen LogP contribution in [0.15, 0.2) is 72.0 Å². The van der Waals surface area contributed by atoms with Crippen LogP contribution < -0.4 is 11.3 Å². The molecule has 11 heteroatoms. The van der Waals surface area contributed by atoms with Crippen LogP contribution in [0, 0.1) is 11.6 Å². The fraction of sp³-hybridized carbons (Fsp3) is 0.0417. The van der Waals surface area contributed by atoms with Gasteiger partial charge in [0.15, 0.2) is 5.65 Å². The summed E-state index contributed by atoms with van der Waals surface area (Å²) in [6.07, 6.45) is 4.56. The molecule has 35 heavy (non-hydrogen) atoms. The number of fused-ring (bicyclic) bond motifs is 2. The zero-order chi connectivity index (χ0) is 24.1. The van der Waals surface area contributed by atoms with E-state index < -0.39 is 17.2 Å². The first-order valence-electron chi connectivity index (χ1n) is 10.6. The minimum absolute atomic E-state index is 0.00156. The smallest absolute Gasteiger partial charge is 0.266 e. The van der Waals surface area contributed by atoms with Gasteiger partial charge in [0.05, 0.1) is 29.2 Å². The summed E-state index contributed by atoms with van der Waals surface area (Å²) >= 11 is 0. The summed E-state index contributed by atoms with van der Waals surface area (Å²) in [7, 11) is 0. The van der Waals surface area contributed by atoms with E-state index in [4.69, 9.17) is 5.73 Å². The highest BCUT2D eigenvalue weighted by atomic mass is 19.1. The Labute approximate surface area is 195 Å². The molecule has 6 rings (SSSR count). The van der Waals surface area contributed by atoms with Crippen molar-refractivity contribution in [1.82, 2.24) is 34.5 Å².